The molecule has 1 heterocycles. The molecular formula is C14H21ISi. The van der Waals surface area contributed by atoms with Crippen LogP contribution in [-0.4, -0.2) is 9.52 Å². The molecule has 0 radical (unpaired) electrons. The standard InChI is InChI=1S/C14H21ISi/c15-14-6-4-12(5-7-14)2-1-3-13-8-10-16-11-9-13/h4-7,13H,1-3,8-11,16H2. The summed E-state index contributed by atoms with van der Waals surface area (Å²) < 4.78 is 1.35. The van der Waals surface area contributed by atoms with Crippen LogP contribution in [0.4, 0.5) is 0 Å². The molecule has 16 heavy (non-hydrogen) atoms. The van der Waals surface area contributed by atoms with Gasteiger partial charge in [0, 0.05) is 13.1 Å². The molecule has 0 spiro atoms. The van der Waals surface area contributed by atoms with Gasteiger partial charge in [-0.1, -0.05) is 43.5 Å². The third-order valence-electron chi connectivity index (χ3n) is 3.72. The highest BCUT2D eigenvalue weighted by Gasteiger charge is 2.12. The second kappa shape index (κ2) is 6.79. The van der Waals surface area contributed by atoms with Gasteiger partial charge in [-0.25, -0.2) is 0 Å². The molecule has 0 nitrogen and oxygen atoms in total. The number of benzene rings is 1. The fourth-order valence-corrected chi connectivity index (χ4v) is 5.17. The second-order valence-electron chi connectivity index (χ2n) is 5.02. The SMILES string of the molecule is Ic1ccc(CCCC2CC[SiH2]CC2)cc1. The summed E-state index contributed by atoms with van der Waals surface area (Å²) in [5.41, 5.74) is 1.52. The smallest absolute Gasteiger partial charge is 0.0198 e. The van der Waals surface area contributed by atoms with E-state index in [0.717, 1.165) is 5.92 Å². The Balaban J connectivity index is 1.69. The van der Waals surface area contributed by atoms with Gasteiger partial charge >= 0.3 is 0 Å². The molecule has 1 aromatic rings. The van der Waals surface area contributed by atoms with Crippen molar-refractivity contribution in [3.8, 4) is 0 Å². The summed E-state index contributed by atoms with van der Waals surface area (Å²) in [6.45, 7) is 0. The highest BCUT2D eigenvalue weighted by molar-refractivity contribution is 14.1. The lowest BCUT2D eigenvalue weighted by Crippen LogP contribution is -2.10. The lowest BCUT2D eigenvalue weighted by Gasteiger charge is -2.20. The summed E-state index contributed by atoms with van der Waals surface area (Å²) in [4.78, 5) is 0. The van der Waals surface area contributed by atoms with E-state index in [0.29, 0.717) is 9.52 Å². The topological polar surface area (TPSA) is 0 Å². The molecule has 0 saturated carbocycles. The Labute approximate surface area is 115 Å². The Kier molecular flexibility index (Phi) is 5.36. The minimum atomic E-state index is 0.397. The first-order chi connectivity index (χ1) is 7.84. The summed E-state index contributed by atoms with van der Waals surface area (Å²) in [6, 6.07) is 12.3. The zero-order valence-corrected chi connectivity index (χ0v) is 13.5. The molecular weight excluding hydrogens is 323 g/mol. The van der Waals surface area contributed by atoms with Crippen LogP contribution in [0.15, 0.2) is 24.3 Å². The fourth-order valence-electron chi connectivity index (χ4n) is 2.72. The van der Waals surface area contributed by atoms with E-state index in [1.54, 1.807) is 24.9 Å². The van der Waals surface area contributed by atoms with Crippen molar-refractivity contribution in [1.82, 2.24) is 0 Å². The molecule has 0 unspecified atom stereocenters. The third kappa shape index (κ3) is 4.21. The minimum absolute atomic E-state index is 0.397. The van der Waals surface area contributed by atoms with E-state index in [2.05, 4.69) is 46.9 Å². The van der Waals surface area contributed by atoms with E-state index in [4.69, 9.17) is 0 Å². The Hall–Kier alpha value is 0.167. The molecule has 0 atom stereocenters. The van der Waals surface area contributed by atoms with E-state index in [1.165, 1.54) is 28.4 Å². The van der Waals surface area contributed by atoms with Crippen molar-refractivity contribution in [3.05, 3.63) is 33.4 Å². The number of hydrogen-bond acceptors (Lipinski definition) is 0. The van der Waals surface area contributed by atoms with Crippen molar-refractivity contribution in [1.29, 1.82) is 0 Å². The number of rotatable bonds is 4. The predicted molar refractivity (Wildman–Crippen MR) is 83.0 cm³/mol. The van der Waals surface area contributed by atoms with E-state index in [9.17, 15) is 0 Å². The summed E-state index contributed by atoms with van der Waals surface area (Å²) in [5, 5.41) is 0. The molecule has 0 aromatic heterocycles. The fraction of sp³-hybridized carbons (Fsp3) is 0.571. The Morgan fingerprint density at radius 1 is 1.12 bits per heavy atom. The number of aryl methyl sites for hydroxylation is 1. The molecule has 1 aliphatic heterocycles. The van der Waals surface area contributed by atoms with Crippen molar-refractivity contribution >= 4 is 32.1 Å². The Bertz CT molecular complexity index is 301. The predicted octanol–water partition coefficient (Wildman–Crippen LogP) is 4.03. The zero-order valence-electron chi connectivity index (χ0n) is 9.92. The lowest BCUT2D eigenvalue weighted by atomic mass is 9.95. The van der Waals surface area contributed by atoms with Crippen molar-refractivity contribution in [2.75, 3.05) is 0 Å². The summed E-state index contributed by atoms with van der Waals surface area (Å²) in [5.74, 6) is 1.07. The quantitative estimate of drug-likeness (QED) is 0.571. The summed E-state index contributed by atoms with van der Waals surface area (Å²) >= 11 is 2.37. The van der Waals surface area contributed by atoms with Crippen LogP contribution in [0.3, 0.4) is 0 Å². The van der Waals surface area contributed by atoms with Gasteiger partial charge in [0.05, 0.1) is 0 Å². The van der Waals surface area contributed by atoms with Gasteiger partial charge in [0.2, 0.25) is 0 Å². The van der Waals surface area contributed by atoms with E-state index in [-0.39, 0.29) is 0 Å². The number of hydrogen-bond donors (Lipinski definition) is 0. The van der Waals surface area contributed by atoms with Crippen LogP contribution in [0.5, 0.6) is 0 Å². The zero-order chi connectivity index (χ0) is 11.2. The third-order valence-corrected chi connectivity index (χ3v) is 6.25. The Morgan fingerprint density at radius 2 is 1.81 bits per heavy atom. The van der Waals surface area contributed by atoms with Crippen molar-refractivity contribution < 1.29 is 0 Å². The average Bonchev–Trinajstić information content (AvgIpc) is 2.33. The molecule has 0 amide bonds. The van der Waals surface area contributed by atoms with Gasteiger partial charge in [-0.2, -0.15) is 0 Å². The van der Waals surface area contributed by atoms with Crippen LogP contribution in [0.2, 0.25) is 12.1 Å². The average molecular weight is 344 g/mol. The molecule has 1 fully saturated rings. The monoisotopic (exact) mass is 344 g/mol. The van der Waals surface area contributed by atoms with Gasteiger partial charge < -0.3 is 0 Å². The normalized spacial score (nSPS) is 22.4. The van der Waals surface area contributed by atoms with Crippen molar-refractivity contribution in [2.24, 2.45) is 5.92 Å². The Morgan fingerprint density at radius 3 is 2.50 bits per heavy atom. The van der Waals surface area contributed by atoms with E-state index >= 15 is 0 Å². The van der Waals surface area contributed by atoms with Gasteiger partial charge in [0.15, 0.2) is 0 Å². The van der Waals surface area contributed by atoms with Gasteiger partial charge in [-0.3, -0.25) is 0 Å². The highest BCUT2D eigenvalue weighted by Crippen LogP contribution is 2.25. The molecule has 88 valence electrons. The van der Waals surface area contributed by atoms with Gasteiger partial charge in [0.25, 0.3) is 0 Å². The van der Waals surface area contributed by atoms with Crippen LogP contribution in [0, 0.1) is 9.49 Å². The summed E-state index contributed by atoms with van der Waals surface area (Å²) in [6.07, 6.45) is 7.26. The first-order valence-corrected chi connectivity index (χ1v) is 9.67. The molecule has 1 aromatic carbocycles. The van der Waals surface area contributed by atoms with Gasteiger partial charge in [0.1, 0.15) is 0 Å². The van der Waals surface area contributed by atoms with E-state index < -0.39 is 0 Å². The molecule has 0 aliphatic carbocycles. The molecule has 0 N–H and O–H groups in total. The first-order valence-electron chi connectivity index (χ1n) is 6.59. The maximum absolute atomic E-state index is 2.37. The first kappa shape index (κ1) is 12.6. The molecule has 1 aliphatic rings. The maximum Gasteiger partial charge on any atom is 0.0198 e. The lowest BCUT2D eigenvalue weighted by molar-refractivity contribution is 0.428. The van der Waals surface area contributed by atoms with Crippen LogP contribution < -0.4 is 0 Å². The van der Waals surface area contributed by atoms with E-state index in [1.807, 2.05) is 0 Å². The minimum Gasteiger partial charge on any atom is -0.0625 e. The molecule has 2 rings (SSSR count). The largest absolute Gasteiger partial charge is 0.0625 e. The number of halogens is 1. The van der Waals surface area contributed by atoms with Crippen LogP contribution in [0.1, 0.15) is 31.2 Å². The summed E-state index contributed by atoms with van der Waals surface area (Å²) in [7, 11) is 0.397. The van der Waals surface area contributed by atoms with Gasteiger partial charge in [-0.05, 0) is 59.0 Å². The van der Waals surface area contributed by atoms with Gasteiger partial charge in [-0.15, -0.1) is 0 Å². The van der Waals surface area contributed by atoms with Crippen LogP contribution in [0.25, 0.3) is 0 Å². The molecule has 0 bridgehead atoms. The van der Waals surface area contributed by atoms with Crippen molar-refractivity contribution in [3.63, 3.8) is 0 Å². The van der Waals surface area contributed by atoms with Crippen molar-refractivity contribution in [2.45, 2.75) is 44.2 Å². The second-order valence-corrected chi connectivity index (χ2v) is 8.39. The highest BCUT2D eigenvalue weighted by atomic mass is 127. The molecule has 1 saturated heterocycles. The van der Waals surface area contributed by atoms with Crippen LogP contribution in [-0.2, 0) is 6.42 Å². The molecule has 2 heteroatoms. The maximum atomic E-state index is 2.37. The van der Waals surface area contributed by atoms with Crippen LogP contribution >= 0.6 is 22.6 Å².